The maximum atomic E-state index is 3.47. The van der Waals surface area contributed by atoms with E-state index in [9.17, 15) is 0 Å². The average Bonchev–Trinajstić information content (AvgIpc) is 1.82. The largest absolute Gasteiger partial charge is 0.317 e. The van der Waals surface area contributed by atoms with E-state index in [0.29, 0.717) is 0 Å². The van der Waals surface area contributed by atoms with Crippen LogP contribution in [0.25, 0.3) is 0 Å². The third kappa shape index (κ3) is 1.58. The molecule has 64 valence electrons. The van der Waals surface area contributed by atoms with Crippen LogP contribution in [-0.2, 0) is 0 Å². The van der Waals surface area contributed by atoms with Crippen molar-refractivity contribution < 1.29 is 0 Å². The lowest BCUT2D eigenvalue weighted by atomic mass is 9.63. The zero-order valence-corrected chi connectivity index (χ0v) is 7.36. The van der Waals surface area contributed by atoms with Crippen molar-refractivity contribution in [3.63, 3.8) is 0 Å². The predicted molar refractivity (Wildman–Crippen MR) is 47.6 cm³/mol. The van der Waals surface area contributed by atoms with Crippen molar-refractivity contribution in [3.8, 4) is 0 Å². The molecular formula is C10H19N. The molecule has 0 aromatic rings. The summed E-state index contributed by atoms with van der Waals surface area (Å²) in [5, 5.41) is 3.47. The van der Waals surface area contributed by atoms with Crippen molar-refractivity contribution >= 4 is 0 Å². The second-order valence-electron chi connectivity index (χ2n) is 4.31. The van der Waals surface area contributed by atoms with Crippen molar-refractivity contribution in [1.82, 2.24) is 5.32 Å². The Bertz CT molecular complexity index is 117. The monoisotopic (exact) mass is 153 g/mol. The topological polar surface area (TPSA) is 12.0 Å². The maximum absolute atomic E-state index is 3.47. The van der Waals surface area contributed by atoms with Crippen molar-refractivity contribution in [1.29, 1.82) is 0 Å². The third-order valence-corrected chi connectivity index (χ3v) is 3.54. The number of hydrogen-bond donors (Lipinski definition) is 1. The standard InChI is InChI=1S/C10H19N/c1-4-10(5-1)6-2-8-11-9-3-7-10/h11H,1-9H2. The molecular weight excluding hydrogens is 134 g/mol. The molecule has 1 aliphatic heterocycles. The van der Waals surface area contributed by atoms with E-state index >= 15 is 0 Å². The molecule has 1 aliphatic carbocycles. The molecule has 2 fully saturated rings. The minimum atomic E-state index is 0.835. The summed E-state index contributed by atoms with van der Waals surface area (Å²) in [7, 11) is 0. The summed E-state index contributed by atoms with van der Waals surface area (Å²) in [5.74, 6) is 0. The van der Waals surface area contributed by atoms with Gasteiger partial charge in [-0.15, -0.1) is 0 Å². The van der Waals surface area contributed by atoms with Gasteiger partial charge in [0.1, 0.15) is 0 Å². The van der Waals surface area contributed by atoms with E-state index in [1.54, 1.807) is 0 Å². The van der Waals surface area contributed by atoms with E-state index in [4.69, 9.17) is 0 Å². The zero-order chi connectivity index (χ0) is 7.57. The zero-order valence-electron chi connectivity index (χ0n) is 7.36. The molecule has 1 saturated carbocycles. The molecule has 0 amide bonds. The summed E-state index contributed by atoms with van der Waals surface area (Å²) in [5.41, 5.74) is 0.835. The number of nitrogens with one attached hydrogen (secondary N) is 1. The fraction of sp³-hybridized carbons (Fsp3) is 1.00. The van der Waals surface area contributed by atoms with Gasteiger partial charge in [-0.25, -0.2) is 0 Å². The first-order valence-corrected chi connectivity index (χ1v) is 5.12. The Morgan fingerprint density at radius 3 is 1.73 bits per heavy atom. The lowest BCUT2D eigenvalue weighted by Crippen LogP contribution is -2.33. The van der Waals surface area contributed by atoms with E-state index in [2.05, 4.69) is 5.32 Å². The minimum Gasteiger partial charge on any atom is -0.317 e. The molecule has 1 heteroatoms. The van der Waals surface area contributed by atoms with Crippen LogP contribution in [0.3, 0.4) is 0 Å². The summed E-state index contributed by atoms with van der Waals surface area (Å²) >= 11 is 0. The summed E-state index contributed by atoms with van der Waals surface area (Å²) in [6.45, 7) is 2.53. The van der Waals surface area contributed by atoms with E-state index in [1.165, 1.54) is 58.0 Å². The number of hydrogen-bond acceptors (Lipinski definition) is 1. The molecule has 0 aromatic heterocycles. The molecule has 2 aliphatic rings. The van der Waals surface area contributed by atoms with Gasteiger partial charge in [0.2, 0.25) is 0 Å². The fourth-order valence-corrected chi connectivity index (χ4v) is 2.60. The highest BCUT2D eigenvalue weighted by atomic mass is 14.8. The Labute approximate surface area is 69.6 Å². The lowest BCUT2D eigenvalue weighted by molar-refractivity contribution is 0.0943. The smallest absolute Gasteiger partial charge is 0.00487 e. The molecule has 0 bridgehead atoms. The lowest BCUT2D eigenvalue weighted by Gasteiger charge is -2.43. The van der Waals surface area contributed by atoms with Crippen molar-refractivity contribution in [2.24, 2.45) is 5.41 Å². The van der Waals surface area contributed by atoms with Crippen molar-refractivity contribution in [2.75, 3.05) is 13.1 Å². The second kappa shape index (κ2) is 3.14. The van der Waals surface area contributed by atoms with Crippen LogP contribution in [0.15, 0.2) is 0 Å². The molecule has 0 aromatic carbocycles. The quantitative estimate of drug-likeness (QED) is 0.563. The molecule has 2 rings (SSSR count). The summed E-state index contributed by atoms with van der Waals surface area (Å²) < 4.78 is 0. The Balaban J connectivity index is 1.86. The summed E-state index contributed by atoms with van der Waals surface area (Å²) in [6.07, 6.45) is 10.4. The second-order valence-corrected chi connectivity index (χ2v) is 4.31. The van der Waals surface area contributed by atoms with Crippen LogP contribution >= 0.6 is 0 Å². The van der Waals surface area contributed by atoms with Crippen LogP contribution in [0.2, 0.25) is 0 Å². The van der Waals surface area contributed by atoms with Crippen molar-refractivity contribution in [2.45, 2.75) is 44.9 Å². The van der Waals surface area contributed by atoms with Crippen LogP contribution in [0.5, 0.6) is 0 Å². The van der Waals surface area contributed by atoms with Gasteiger partial charge < -0.3 is 5.32 Å². The normalized spacial score (nSPS) is 30.5. The van der Waals surface area contributed by atoms with E-state index in [-0.39, 0.29) is 0 Å². The van der Waals surface area contributed by atoms with Gasteiger partial charge in [-0.05, 0) is 57.0 Å². The van der Waals surface area contributed by atoms with E-state index in [1.807, 2.05) is 0 Å². The van der Waals surface area contributed by atoms with Gasteiger partial charge in [-0.2, -0.15) is 0 Å². The molecule has 1 saturated heterocycles. The first-order chi connectivity index (χ1) is 5.41. The molecule has 0 radical (unpaired) electrons. The first kappa shape index (κ1) is 7.60. The predicted octanol–water partition coefficient (Wildman–Crippen LogP) is 2.32. The Morgan fingerprint density at radius 2 is 1.27 bits per heavy atom. The third-order valence-electron chi connectivity index (χ3n) is 3.54. The summed E-state index contributed by atoms with van der Waals surface area (Å²) in [6, 6.07) is 0. The SMILES string of the molecule is C1CNCCCC2(C1)CCC2. The number of rotatable bonds is 0. The van der Waals surface area contributed by atoms with Crippen LogP contribution in [0.1, 0.15) is 44.9 Å². The van der Waals surface area contributed by atoms with Gasteiger partial charge in [-0.3, -0.25) is 0 Å². The summed E-state index contributed by atoms with van der Waals surface area (Å²) in [4.78, 5) is 0. The molecule has 1 heterocycles. The maximum Gasteiger partial charge on any atom is -0.00487 e. The van der Waals surface area contributed by atoms with Crippen molar-refractivity contribution in [3.05, 3.63) is 0 Å². The van der Waals surface area contributed by atoms with Crippen LogP contribution in [0.4, 0.5) is 0 Å². The van der Waals surface area contributed by atoms with Gasteiger partial charge in [-0.1, -0.05) is 6.42 Å². The van der Waals surface area contributed by atoms with E-state index < -0.39 is 0 Å². The molecule has 0 unspecified atom stereocenters. The molecule has 11 heavy (non-hydrogen) atoms. The van der Waals surface area contributed by atoms with Crippen LogP contribution < -0.4 is 5.32 Å². The van der Waals surface area contributed by atoms with Gasteiger partial charge in [0.05, 0.1) is 0 Å². The molecule has 1 nitrogen and oxygen atoms in total. The van der Waals surface area contributed by atoms with Gasteiger partial charge in [0, 0.05) is 0 Å². The average molecular weight is 153 g/mol. The van der Waals surface area contributed by atoms with Gasteiger partial charge in [0.15, 0.2) is 0 Å². The highest BCUT2D eigenvalue weighted by molar-refractivity contribution is 4.88. The van der Waals surface area contributed by atoms with Crippen LogP contribution in [0, 0.1) is 5.41 Å². The van der Waals surface area contributed by atoms with Crippen LogP contribution in [-0.4, -0.2) is 13.1 Å². The fourth-order valence-electron chi connectivity index (χ4n) is 2.60. The molecule has 1 N–H and O–H groups in total. The Kier molecular flexibility index (Phi) is 2.17. The minimum absolute atomic E-state index is 0.835. The molecule has 0 atom stereocenters. The molecule has 1 spiro atoms. The van der Waals surface area contributed by atoms with E-state index in [0.717, 1.165) is 5.41 Å². The van der Waals surface area contributed by atoms with Gasteiger partial charge >= 0.3 is 0 Å². The Hall–Kier alpha value is -0.0400. The first-order valence-electron chi connectivity index (χ1n) is 5.12. The van der Waals surface area contributed by atoms with Gasteiger partial charge in [0.25, 0.3) is 0 Å². The highest BCUT2D eigenvalue weighted by Gasteiger charge is 2.35. The Morgan fingerprint density at radius 1 is 0.727 bits per heavy atom. The highest BCUT2D eigenvalue weighted by Crippen LogP contribution is 2.48.